The van der Waals surface area contributed by atoms with Crippen LogP contribution < -0.4 is 5.32 Å². The van der Waals surface area contributed by atoms with Crippen molar-refractivity contribution in [2.75, 3.05) is 19.6 Å². The molecule has 1 aliphatic rings. The van der Waals surface area contributed by atoms with Gasteiger partial charge in [0.05, 0.1) is 11.6 Å². The van der Waals surface area contributed by atoms with Crippen LogP contribution in [-0.2, 0) is 6.54 Å². The lowest BCUT2D eigenvalue weighted by atomic mass is 10.2. The maximum absolute atomic E-state index is 6.14. The predicted octanol–water partition coefficient (Wildman–Crippen LogP) is 2.18. The highest BCUT2D eigenvalue weighted by Crippen LogP contribution is 2.25. The topological polar surface area (TPSA) is 54.2 Å². The second-order valence-corrected chi connectivity index (χ2v) is 5.49. The van der Waals surface area contributed by atoms with Crippen LogP contribution >= 0.6 is 11.6 Å². The van der Waals surface area contributed by atoms with E-state index in [2.05, 4.69) is 27.3 Å². The zero-order valence-electron chi connectivity index (χ0n) is 11.3. The summed E-state index contributed by atoms with van der Waals surface area (Å²) in [6.07, 6.45) is 0. The molecule has 2 heterocycles. The Morgan fingerprint density at radius 1 is 1.45 bits per heavy atom. The summed E-state index contributed by atoms with van der Waals surface area (Å²) in [5.41, 5.74) is 0.804. The van der Waals surface area contributed by atoms with Gasteiger partial charge in [-0.2, -0.15) is 4.98 Å². The lowest BCUT2D eigenvalue weighted by Gasteiger charge is -2.30. The molecule has 20 heavy (non-hydrogen) atoms. The third kappa shape index (κ3) is 3.00. The lowest BCUT2D eigenvalue weighted by molar-refractivity contribution is 0.177. The van der Waals surface area contributed by atoms with Gasteiger partial charge in [-0.05, 0) is 19.1 Å². The van der Waals surface area contributed by atoms with E-state index in [1.165, 1.54) is 0 Å². The molecule has 0 amide bonds. The van der Waals surface area contributed by atoms with Crippen LogP contribution in [0.1, 0.15) is 12.8 Å². The summed E-state index contributed by atoms with van der Waals surface area (Å²) < 4.78 is 5.33. The van der Waals surface area contributed by atoms with Crippen molar-refractivity contribution in [3.63, 3.8) is 0 Å². The van der Waals surface area contributed by atoms with E-state index in [1.807, 2.05) is 24.3 Å². The highest BCUT2D eigenvalue weighted by atomic mass is 35.5. The van der Waals surface area contributed by atoms with Crippen LogP contribution in [0.25, 0.3) is 11.4 Å². The highest BCUT2D eigenvalue weighted by Gasteiger charge is 2.19. The molecular weight excluding hydrogens is 276 g/mol. The van der Waals surface area contributed by atoms with E-state index < -0.39 is 0 Å². The fourth-order valence-electron chi connectivity index (χ4n) is 2.42. The van der Waals surface area contributed by atoms with Crippen molar-refractivity contribution in [2.45, 2.75) is 19.5 Å². The van der Waals surface area contributed by atoms with Crippen LogP contribution in [0.3, 0.4) is 0 Å². The molecule has 1 saturated heterocycles. The quantitative estimate of drug-likeness (QED) is 0.940. The molecule has 1 aromatic heterocycles. The molecule has 3 rings (SSSR count). The first-order valence-corrected chi connectivity index (χ1v) is 7.13. The van der Waals surface area contributed by atoms with E-state index in [-0.39, 0.29) is 0 Å². The molecule has 2 aromatic rings. The Morgan fingerprint density at radius 2 is 2.30 bits per heavy atom. The smallest absolute Gasteiger partial charge is 0.241 e. The average Bonchev–Trinajstić information content (AvgIpc) is 2.87. The van der Waals surface area contributed by atoms with Crippen molar-refractivity contribution in [1.29, 1.82) is 0 Å². The molecule has 106 valence electrons. The van der Waals surface area contributed by atoms with Gasteiger partial charge in [-0.1, -0.05) is 28.9 Å². The summed E-state index contributed by atoms with van der Waals surface area (Å²) in [5.74, 6) is 1.18. The third-order valence-electron chi connectivity index (χ3n) is 3.39. The number of hydrogen-bond acceptors (Lipinski definition) is 5. The van der Waals surface area contributed by atoms with Gasteiger partial charge in [-0.25, -0.2) is 0 Å². The summed E-state index contributed by atoms with van der Waals surface area (Å²) in [5, 5.41) is 8.06. The molecule has 1 atom stereocenters. The molecule has 1 fully saturated rings. The fraction of sp³-hybridized carbons (Fsp3) is 0.429. The molecular formula is C14H17ClN4O. The summed E-state index contributed by atoms with van der Waals surface area (Å²) in [7, 11) is 0. The number of nitrogens with zero attached hydrogens (tertiary/aromatic N) is 3. The molecule has 0 spiro atoms. The minimum Gasteiger partial charge on any atom is -0.338 e. The Kier molecular flexibility index (Phi) is 4.00. The molecule has 0 bridgehead atoms. The van der Waals surface area contributed by atoms with E-state index in [4.69, 9.17) is 16.1 Å². The molecule has 5 nitrogen and oxygen atoms in total. The van der Waals surface area contributed by atoms with Crippen LogP contribution in [0, 0.1) is 0 Å². The monoisotopic (exact) mass is 292 g/mol. The molecule has 0 radical (unpaired) electrons. The SMILES string of the molecule is CC1CN(Cc2nc(-c3ccccc3Cl)no2)CCN1. The van der Waals surface area contributed by atoms with E-state index in [0.29, 0.717) is 29.3 Å². The molecule has 6 heteroatoms. The highest BCUT2D eigenvalue weighted by molar-refractivity contribution is 6.33. The van der Waals surface area contributed by atoms with Gasteiger partial charge in [0.15, 0.2) is 0 Å². The van der Waals surface area contributed by atoms with Gasteiger partial charge < -0.3 is 9.84 Å². The molecule has 1 aliphatic heterocycles. The molecule has 1 N–H and O–H groups in total. The van der Waals surface area contributed by atoms with Crippen molar-refractivity contribution in [3.8, 4) is 11.4 Å². The van der Waals surface area contributed by atoms with E-state index in [0.717, 1.165) is 25.2 Å². The zero-order valence-corrected chi connectivity index (χ0v) is 12.1. The number of rotatable bonds is 3. The summed E-state index contributed by atoms with van der Waals surface area (Å²) in [6.45, 7) is 5.84. The van der Waals surface area contributed by atoms with Crippen LogP contribution in [0.15, 0.2) is 28.8 Å². The van der Waals surface area contributed by atoms with E-state index >= 15 is 0 Å². The van der Waals surface area contributed by atoms with Crippen molar-refractivity contribution in [3.05, 3.63) is 35.2 Å². The Hall–Kier alpha value is -1.43. The van der Waals surface area contributed by atoms with Crippen LogP contribution in [0.4, 0.5) is 0 Å². The predicted molar refractivity (Wildman–Crippen MR) is 77.5 cm³/mol. The minimum absolute atomic E-state index is 0.495. The Morgan fingerprint density at radius 3 is 3.10 bits per heavy atom. The summed E-state index contributed by atoms with van der Waals surface area (Å²) >= 11 is 6.14. The average molecular weight is 293 g/mol. The maximum Gasteiger partial charge on any atom is 0.241 e. The number of nitrogens with one attached hydrogen (secondary N) is 1. The van der Waals surface area contributed by atoms with Gasteiger partial charge >= 0.3 is 0 Å². The van der Waals surface area contributed by atoms with Gasteiger partial charge in [0, 0.05) is 31.2 Å². The largest absolute Gasteiger partial charge is 0.338 e. The maximum atomic E-state index is 6.14. The van der Waals surface area contributed by atoms with E-state index in [9.17, 15) is 0 Å². The summed E-state index contributed by atoms with van der Waals surface area (Å²) in [6, 6.07) is 8.01. The van der Waals surface area contributed by atoms with Gasteiger partial charge in [-0.15, -0.1) is 0 Å². The fourth-order valence-corrected chi connectivity index (χ4v) is 2.64. The Balaban J connectivity index is 1.72. The zero-order chi connectivity index (χ0) is 13.9. The lowest BCUT2D eigenvalue weighted by Crippen LogP contribution is -2.48. The van der Waals surface area contributed by atoms with Crippen molar-refractivity contribution in [1.82, 2.24) is 20.4 Å². The van der Waals surface area contributed by atoms with Gasteiger partial charge in [0.1, 0.15) is 0 Å². The van der Waals surface area contributed by atoms with Gasteiger partial charge in [-0.3, -0.25) is 4.90 Å². The molecule has 0 aliphatic carbocycles. The molecule has 1 unspecified atom stereocenters. The van der Waals surface area contributed by atoms with Crippen molar-refractivity contribution >= 4 is 11.6 Å². The first kappa shape index (κ1) is 13.5. The number of hydrogen-bond donors (Lipinski definition) is 1. The Labute approximate surface area is 122 Å². The second-order valence-electron chi connectivity index (χ2n) is 5.08. The summed E-state index contributed by atoms with van der Waals surface area (Å²) in [4.78, 5) is 6.75. The number of halogens is 1. The van der Waals surface area contributed by atoms with Crippen LogP contribution in [0.2, 0.25) is 5.02 Å². The van der Waals surface area contributed by atoms with Gasteiger partial charge in [0.25, 0.3) is 0 Å². The standard InChI is InChI=1S/C14H17ClN4O/c1-10-8-19(7-6-16-10)9-13-17-14(18-20-13)11-4-2-3-5-12(11)15/h2-5,10,16H,6-9H2,1H3. The van der Waals surface area contributed by atoms with Crippen LogP contribution in [0.5, 0.6) is 0 Å². The second kappa shape index (κ2) is 5.91. The molecule has 1 aromatic carbocycles. The third-order valence-corrected chi connectivity index (χ3v) is 3.72. The molecule has 0 saturated carbocycles. The first-order valence-electron chi connectivity index (χ1n) is 6.75. The van der Waals surface area contributed by atoms with E-state index in [1.54, 1.807) is 0 Å². The Bertz CT molecular complexity index is 586. The van der Waals surface area contributed by atoms with Crippen molar-refractivity contribution in [2.24, 2.45) is 0 Å². The van der Waals surface area contributed by atoms with Crippen LogP contribution in [-0.4, -0.2) is 40.7 Å². The number of benzene rings is 1. The minimum atomic E-state index is 0.495. The number of piperazine rings is 1. The van der Waals surface area contributed by atoms with Gasteiger partial charge in [0.2, 0.25) is 11.7 Å². The first-order chi connectivity index (χ1) is 9.72. The number of aromatic nitrogens is 2. The normalized spacial score (nSPS) is 20.2. The van der Waals surface area contributed by atoms with Crippen molar-refractivity contribution < 1.29 is 4.52 Å².